The van der Waals surface area contributed by atoms with Gasteiger partial charge in [0.1, 0.15) is 12.1 Å². The standard InChI is InChI=1S/C11H17NO2/c1-11(2,9-13)12(14)8-10-6-4-3-5-7-10/h3-7,12-13H,8-9H2,1-2H3. The van der Waals surface area contributed by atoms with E-state index in [9.17, 15) is 5.21 Å². The van der Waals surface area contributed by atoms with E-state index >= 15 is 0 Å². The number of quaternary nitrogens is 1. The maximum atomic E-state index is 11.7. The second-order valence-electron chi connectivity index (χ2n) is 4.13. The fourth-order valence-corrected chi connectivity index (χ4v) is 1.11. The minimum Gasteiger partial charge on any atom is -0.634 e. The lowest BCUT2D eigenvalue weighted by molar-refractivity contribution is -0.915. The van der Waals surface area contributed by atoms with E-state index in [0.29, 0.717) is 6.54 Å². The maximum absolute atomic E-state index is 11.7. The first-order chi connectivity index (χ1) is 6.56. The number of nitrogens with one attached hydrogen (secondary N) is 1. The second-order valence-corrected chi connectivity index (χ2v) is 4.13. The van der Waals surface area contributed by atoms with E-state index in [4.69, 9.17) is 5.11 Å². The van der Waals surface area contributed by atoms with Gasteiger partial charge in [-0.25, -0.2) is 0 Å². The molecule has 0 aliphatic rings. The highest BCUT2D eigenvalue weighted by molar-refractivity contribution is 5.13. The monoisotopic (exact) mass is 195 g/mol. The Balaban J connectivity index is 2.62. The fourth-order valence-electron chi connectivity index (χ4n) is 1.11. The first kappa shape index (κ1) is 11.2. The van der Waals surface area contributed by atoms with Crippen molar-refractivity contribution in [2.75, 3.05) is 6.61 Å². The zero-order chi connectivity index (χ0) is 10.6. The van der Waals surface area contributed by atoms with Crippen LogP contribution in [0.2, 0.25) is 0 Å². The van der Waals surface area contributed by atoms with Crippen LogP contribution >= 0.6 is 0 Å². The number of rotatable bonds is 4. The van der Waals surface area contributed by atoms with Crippen molar-refractivity contribution in [3.05, 3.63) is 41.1 Å². The molecule has 1 unspecified atom stereocenters. The third-order valence-corrected chi connectivity index (χ3v) is 2.36. The van der Waals surface area contributed by atoms with Crippen LogP contribution < -0.4 is 5.06 Å². The van der Waals surface area contributed by atoms with Crippen LogP contribution in [-0.2, 0) is 6.54 Å². The number of aliphatic hydroxyl groups is 1. The molecule has 1 aromatic carbocycles. The van der Waals surface area contributed by atoms with Crippen LogP contribution in [0.25, 0.3) is 0 Å². The van der Waals surface area contributed by atoms with Crippen molar-refractivity contribution in [1.82, 2.24) is 0 Å². The Hall–Kier alpha value is -0.900. The van der Waals surface area contributed by atoms with Gasteiger partial charge in [-0.15, -0.1) is 0 Å². The minimum atomic E-state index is -0.629. The van der Waals surface area contributed by atoms with Gasteiger partial charge >= 0.3 is 0 Å². The molecule has 0 spiro atoms. The maximum Gasteiger partial charge on any atom is 0.115 e. The molecule has 0 amide bonds. The van der Waals surface area contributed by atoms with Gasteiger partial charge in [-0.2, -0.15) is 0 Å². The van der Waals surface area contributed by atoms with Crippen LogP contribution in [-0.4, -0.2) is 17.3 Å². The van der Waals surface area contributed by atoms with Crippen LogP contribution in [0.4, 0.5) is 0 Å². The summed E-state index contributed by atoms with van der Waals surface area (Å²) in [6.07, 6.45) is 0. The lowest BCUT2D eigenvalue weighted by Crippen LogP contribution is -3.14. The van der Waals surface area contributed by atoms with Gasteiger partial charge in [-0.3, -0.25) is 0 Å². The highest BCUT2D eigenvalue weighted by Gasteiger charge is 2.23. The lowest BCUT2D eigenvalue weighted by atomic mass is 10.1. The number of aliphatic hydroxyl groups excluding tert-OH is 1. The van der Waals surface area contributed by atoms with Gasteiger partial charge in [0.2, 0.25) is 0 Å². The molecule has 2 N–H and O–H groups in total. The summed E-state index contributed by atoms with van der Waals surface area (Å²) in [7, 11) is 0. The van der Waals surface area contributed by atoms with Crippen molar-refractivity contribution in [1.29, 1.82) is 0 Å². The molecular formula is C11H17NO2. The van der Waals surface area contributed by atoms with Crippen LogP contribution in [0.15, 0.2) is 30.3 Å². The molecule has 78 valence electrons. The molecule has 0 radical (unpaired) electrons. The molecule has 0 bridgehead atoms. The molecule has 0 aliphatic heterocycles. The molecule has 0 saturated heterocycles. The van der Waals surface area contributed by atoms with Crippen molar-refractivity contribution < 1.29 is 10.2 Å². The van der Waals surface area contributed by atoms with Gasteiger partial charge in [-0.05, 0) is 13.8 Å². The summed E-state index contributed by atoms with van der Waals surface area (Å²) in [4.78, 5) is 0. The van der Waals surface area contributed by atoms with E-state index in [-0.39, 0.29) is 11.7 Å². The first-order valence-electron chi connectivity index (χ1n) is 4.74. The number of hydrogen-bond acceptors (Lipinski definition) is 2. The molecule has 0 aliphatic carbocycles. The summed E-state index contributed by atoms with van der Waals surface area (Å²) in [5.74, 6) is 0. The van der Waals surface area contributed by atoms with Crippen molar-refractivity contribution in [2.24, 2.45) is 0 Å². The molecule has 0 heterocycles. The van der Waals surface area contributed by atoms with Gasteiger partial charge in [0.15, 0.2) is 0 Å². The average Bonchev–Trinajstić information content (AvgIpc) is 2.19. The molecule has 0 aromatic heterocycles. The summed E-state index contributed by atoms with van der Waals surface area (Å²) < 4.78 is 0. The fraction of sp³-hybridized carbons (Fsp3) is 0.455. The van der Waals surface area contributed by atoms with E-state index in [1.54, 1.807) is 13.8 Å². The summed E-state index contributed by atoms with van der Waals surface area (Å²) in [5.41, 5.74) is 0.370. The molecule has 0 saturated carbocycles. The molecule has 3 nitrogen and oxygen atoms in total. The number of benzene rings is 1. The zero-order valence-electron chi connectivity index (χ0n) is 8.66. The second kappa shape index (κ2) is 4.55. The number of hydroxylamine groups is 2. The third kappa shape index (κ3) is 2.80. The largest absolute Gasteiger partial charge is 0.634 e. The Morgan fingerprint density at radius 3 is 2.36 bits per heavy atom. The third-order valence-electron chi connectivity index (χ3n) is 2.36. The summed E-state index contributed by atoms with van der Waals surface area (Å²) in [6.45, 7) is 3.82. The van der Waals surface area contributed by atoms with Crippen molar-refractivity contribution in [3.8, 4) is 0 Å². The van der Waals surface area contributed by atoms with E-state index in [1.165, 1.54) is 0 Å². The summed E-state index contributed by atoms with van der Waals surface area (Å²) >= 11 is 0. The predicted molar refractivity (Wildman–Crippen MR) is 55.6 cm³/mol. The van der Waals surface area contributed by atoms with E-state index in [0.717, 1.165) is 5.56 Å². The molecular weight excluding hydrogens is 178 g/mol. The minimum absolute atomic E-state index is 0.0752. The van der Waals surface area contributed by atoms with E-state index < -0.39 is 5.54 Å². The van der Waals surface area contributed by atoms with Crippen LogP contribution in [0.3, 0.4) is 0 Å². The zero-order valence-corrected chi connectivity index (χ0v) is 8.66. The summed E-state index contributed by atoms with van der Waals surface area (Å²) in [5, 5.41) is 20.8. The van der Waals surface area contributed by atoms with Gasteiger partial charge in [-0.1, -0.05) is 30.3 Å². The molecule has 3 heteroatoms. The Bertz CT molecular complexity index is 272. The lowest BCUT2D eigenvalue weighted by Gasteiger charge is -2.36. The van der Waals surface area contributed by atoms with E-state index in [2.05, 4.69) is 0 Å². The number of hydrogen-bond donors (Lipinski definition) is 2. The van der Waals surface area contributed by atoms with Crippen molar-refractivity contribution >= 4 is 0 Å². The Labute approximate surface area is 84.6 Å². The van der Waals surface area contributed by atoms with Crippen LogP contribution in [0.5, 0.6) is 0 Å². The van der Waals surface area contributed by atoms with Crippen LogP contribution in [0, 0.1) is 5.21 Å². The first-order valence-corrected chi connectivity index (χ1v) is 4.74. The van der Waals surface area contributed by atoms with Gasteiger partial charge < -0.3 is 15.4 Å². The van der Waals surface area contributed by atoms with Crippen molar-refractivity contribution in [2.45, 2.75) is 25.9 Å². The highest BCUT2D eigenvalue weighted by Crippen LogP contribution is 1.99. The molecule has 14 heavy (non-hydrogen) atoms. The van der Waals surface area contributed by atoms with Crippen molar-refractivity contribution in [3.63, 3.8) is 0 Å². The average molecular weight is 195 g/mol. The van der Waals surface area contributed by atoms with Crippen LogP contribution in [0.1, 0.15) is 19.4 Å². The smallest absolute Gasteiger partial charge is 0.115 e. The Morgan fingerprint density at radius 2 is 1.86 bits per heavy atom. The molecule has 0 fully saturated rings. The van der Waals surface area contributed by atoms with E-state index in [1.807, 2.05) is 30.3 Å². The molecule has 1 atom stereocenters. The molecule has 1 aromatic rings. The Morgan fingerprint density at radius 1 is 1.29 bits per heavy atom. The SMILES string of the molecule is CC(C)(CO)[NH+]([O-])Cc1ccccc1. The quantitative estimate of drug-likeness (QED) is 0.681. The topological polar surface area (TPSA) is 47.7 Å². The van der Waals surface area contributed by atoms with Gasteiger partial charge in [0.05, 0.1) is 6.61 Å². The normalized spacial score (nSPS) is 14.0. The Kier molecular flexibility index (Phi) is 3.63. The highest BCUT2D eigenvalue weighted by atomic mass is 16.5. The predicted octanol–water partition coefficient (Wildman–Crippen LogP) is 0.340. The molecule has 1 rings (SSSR count). The summed E-state index contributed by atoms with van der Waals surface area (Å²) in [6, 6.07) is 9.59. The van der Waals surface area contributed by atoms with Gasteiger partial charge in [0.25, 0.3) is 0 Å². The van der Waals surface area contributed by atoms with Gasteiger partial charge in [0, 0.05) is 5.56 Å².